The molecule has 0 aliphatic heterocycles. The minimum Gasteiger partial charge on any atom is -0.384 e. The molecule has 1 aromatic rings. The van der Waals surface area contributed by atoms with E-state index >= 15 is 0 Å². The number of nitrogens with one attached hydrogen (secondary N) is 1. The summed E-state index contributed by atoms with van der Waals surface area (Å²) in [6.07, 6.45) is 1.10. The molecule has 0 saturated carbocycles. The lowest BCUT2D eigenvalue weighted by molar-refractivity contribution is 0.150. The van der Waals surface area contributed by atoms with E-state index in [4.69, 9.17) is 4.74 Å². The van der Waals surface area contributed by atoms with Gasteiger partial charge in [0.1, 0.15) is 0 Å². The van der Waals surface area contributed by atoms with Crippen molar-refractivity contribution < 1.29 is 4.74 Å². The van der Waals surface area contributed by atoms with Crippen LogP contribution in [0.4, 0.5) is 0 Å². The summed E-state index contributed by atoms with van der Waals surface area (Å²) in [7, 11) is 3.79. The molecule has 0 spiro atoms. The number of benzene rings is 1. The summed E-state index contributed by atoms with van der Waals surface area (Å²) >= 11 is 0. The fraction of sp³-hybridized carbons (Fsp3) is 0.625. The van der Waals surface area contributed by atoms with Crippen molar-refractivity contribution in [1.29, 1.82) is 0 Å². The SMILES string of the molecule is CNC(CC(C)COC)c1ccc(C(C)C)cc1. The molecule has 0 aliphatic carbocycles. The van der Waals surface area contributed by atoms with E-state index in [1.165, 1.54) is 11.1 Å². The topological polar surface area (TPSA) is 21.3 Å². The van der Waals surface area contributed by atoms with Crippen LogP contribution in [0, 0.1) is 5.92 Å². The van der Waals surface area contributed by atoms with Crippen molar-refractivity contribution in [2.24, 2.45) is 5.92 Å². The molecular weight excluding hydrogens is 222 g/mol. The van der Waals surface area contributed by atoms with Crippen LogP contribution in [0.3, 0.4) is 0 Å². The Kier molecular flexibility index (Phi) is 6.37. The summed E-state index contributed by atoms with van der Waals surface area (Å²) < 4.78 is 5.21. The second-order valence-corrected chi connectivity index (χ2v) is 5.46. The first kappa shape index (κ1) is 15.2. The van der Waals surface area contributed by atoms with Gasteiger partial charge in [-0.2, -0.15) is 0 Å². The zero-order chi connectivity index (χ0) is 13.5. The standard InChI is InChI=1S/C16H27NO/c1-12(2)14-6-8-15(9-7-14)16(17-4)10-13(3)11-18-5/h6-9,12-13,16-17H,10-11H2,1-5H3. The molecular formula is C16H27NO. The average molecular weight is 249 g/mol. The van der Waals surface area contributed by atoms with Crippen molar-refractivity contribution in [3.63, 3.8) is 0 Å². The Morgan fingerprint density at radius 1 is 1.06 bits per heavy atom. The number of ether oxygens (including phenoxy) is 1. The van der Waals surface area contributed by atoms with Gasteiger partial charge in [0, 0.05) is 19.8 Å². The van der Waals surface area contributed by atoms with E-state index in [2.05, 4.69) is 50.4 Å². The van der Waals surface area contributed by atoms with E-state index in [9.17, 15) is 0 Å². The molecule has 0 aliphatic rings. The van der Waals surface area contributed by atoms with Gasteiger partial charge >= 0.3 is 0 Å². The Hall–Kier alpha value is -0.860. The molecule has 1 aromatic carbocycles. The molecule has 0 fully saturated rings. The zero-order valence-corrected chi connectivity index (χ0v) is 12.4. The molecule has 0 amide bonds. The lowest BCUT2D eigenvalue weighted by atomic mass is 9.94. The molecule has 2 atom stereocenters. The quantitative estimate of drug-likeness (QED) is 0.794. The van der Waals surface area contributed by atoms with Crippen molar-refractivity contribution in [1.82, 2.24) is 5.32 Å². The van der Waals surface area contributed by atoms with Gasteiger partial charge in [0.2, 0.25) is 0 Å². The van der Waals surface area contributed by atoms with Crippen LogP contribution in [0.2, 0.25) is 0 Å². The number of rotatable bonds is 7. The number of methoxy groups -OCH3 is 1. The van der Waals surface area contributed by atoms with Crippen LogP contribution < -0.4 is 5.32 Å². The second-order valence-electron chi connectivity index (χ2n) is 5.46. The summed E-state index contributed by atoms with van der Waals surface area (Å²) in [5.41, 5.74) is 2.77. The second kappa shape index (κ2) is 7.55. The maximum atomic E-state index is 5.21. The molecule has 0 radical (unpaired) electrons. The van der Waals surface area contributed by atoms with E-state index in [-0.39, 0.29) is 0 Å². The third-order valence-electron chi connectivity index (χ3n) is 3.44. The Balaban J connectivity index is 2.70. The fourth-order valence-corrected chi connectivity index (χ4v) is 2.29. The number of hydrogen-bond donors (Lipinski definition) is 1. The number of hydrogen-bond acceptors (Lipinski definition) is 2. The predicted octanol–water partition coefficient (Wildman–Crippen LogP) is 3.74. The van der Waals surface area contributed by atoms with Gasteiger partial charge in [-0.05, 0) is 36.4 Å². The summed E-state index contributed by atoms with van der Waals surface area (Å²) in [6.45, 7) is 7.51. The molecule has 1 rings (SSSR count). The lowest BCUT2D eigenvalue weighted by Crippen LogP contribution is -2.20. The smallest absolute Gasteiger partial charge is 0.0488 e. The largest absolute Gasteiger partial charge is 0.384 e. The summed E-state index contributed by atoms with van der Waals surface area (Å²) in [5.74, 6) is 1.16. The van der Waals surface area contributed by atoms with E-state index in [0.29, 0.717) is 17.9 Å². The first-order chi connectivity index (χ1) is 8.58. The molecule has 0 saturated heterocycles. The van der Waals surface area contributed by atoms with Crippen molar-refractivity contribution in [3.05, 3.63) is 35.4 Å². The Labute approximate surface area is 112 Å². The minimum atomic E-state index is 0.413. The highest BCUT2D eigenvalue weighted by molar-refractivity contribution is 5.26. The molecule has 102 valence electrons. The van der Waals surface area contributed by atoms with Gasteiger partial charge in [-0.15, -0.1) is 0 Å². The Morgan fingerprint density at radius 3 is 2.06 bits per heavy atom. The van der Waals surface area contributed by atoms with Crippen LogP contribution in [-0.2, 0) is 4.74 Å². The summed E-state index contributed by atoms with van der Waals surface area (Å²) in [4.78, 5) is 0. The van der Waals surface area contributed by atoms with E-state index in [1.54, 1.807) is 7.11 Å². The highest BCUT2D eigenvalue weighted by Crippen LogP contribution is 2.23. The van der Waals surface area contributed by atoms with Gasteiger partial charge in [0.15, 0.2) is 0 Å². The normalized spacial score (nSPS) is 14.8. The first-order valence-corrected chi connectivity index (χ1v) is 6.84. The predicted molar refractivity (Wildman–Crippen MR) is 78.0 cm³/mol. The molecule has 0 bridgehead atoms. The molecule has 2 heteroatoms. The zero-order valence-electron chi connectivity index (χ0n) is 12.4. The van der Waals surface area contributed by atoms with Crippen molar-refractivity contribution >= 4 is 0 Å². The fourth-order valence-electron chi connectivity index (χ4n) is 2.29. The maximum Gasteiger partial charge on any atom is 0.0488 e. The van der Waals surface area contributed by atoms with Gasteiger partial charge in [0.05, 0.1) is 0 Å². The van der Waals surface area contributed by atoms with Crippen LogP contribution in [-0.4, -0.2) is 20.8 Å². The maximum absolute atomic E-state index is 5.21. The van der Waals surface area contributed by atoms with Crippen molar-refractivity contribution in [2.75, 3.05) is 20.8 Å². The lowest BCUT2D eigenvalue weighted by Gasteiger charge is -2.21. The molecule has 2 unspecified atom stereocenters. The highest BCUT2D eigenvalue weighted by Gasteiger charge is 2.13. The van der Waals surface area contributed by atoms with E-state index < -0.39 is 0 Å². The molecule has 0 aromatic heterocycles. The van der Waals surface area contributed by atoms with Crippen LogP contribution in [0.5, 0.6) is 0 Å². The first-order valence-electron chi connectivity index (χ1n) is 6.84. The monoisotopic (exact) mass is 249 g/mol. The van der Waals surface area contributed by atoms with Crippen LogP contribution in [0.15, 0.2) is 24.3 Å². The highest BCUT2D eigenvalue weighted by atomic mass is 16.5. The summed E-state index contributed by atoms with van der Waals surface area (Å²) in [6, 6.07) is 9.39. The van der Waals surface area contributed by atoms with E-state index in [1.807, 2.05) is 7.05 Å². The van der Waals surface area contributed by atoms with Crippen LogP contribution in [0.25, 0.3) is 0 Å². The van der Waals surface area contributed by atoms with Gasteiger partial charge in [-0.3, -0.25) is 0 Å². The molecule has 0 heterocycles. The summed E-state index contributed by atoms with van der Waals surface area (Å²) in [5, 5.41) is 3.40. The molecule has 2 nitrogen and oxygen atoms in total. The van der Waals surface area contributed by atoms with Gasteiger partial charge in [0.25, 0.3) is 0 Å². The van der Waals surface area contributed by atoms with Crippen LogP contribution in [0.1, 0.15) is 50.3 Å². The minimum absolute atomic E-state index is 0.413. The average Bonchev–Trinajstić information content (AvgIpc) is 2.36. The molecule has 18 heavy (non-hydrogen) atoms. The van der Waals surface area contributed by atoms with Gasteiger partial charge in [-0.1, -0.05) is 45.0 Å². The Morgan fingerprint density at radius 2 is 1.61 bits per heavy atom. The Bertz CT molecular complexity index is 331. The van der Waals surface area contributed by atoms with Crippen LogP contribution >= 0.6 is 0 Å². The molecule has 1 N–H and O–H groups in total. The van der Waals surface area contributed by atoms with E-state index in [0.717, 1.165) is 13.0 Å². The van der Waals surface area contributed by atoms with Crippen molar-refractivity contribution in [2.45, 2.75) is 39.2 Å². The third-order valence-corrected chi connectivity index (χ3v) is 3.44. The van der Waals surface area contributed by atoms with Gasteiger partial charge in [-0.25, -0.2) is 0 Å². The third kappa shape index (κ3) is 4.43. The van der Waals surface area contributed by atoms with Gasteiger partial charge < -0.3 is 10.1 Å². The van der Waals surface area contributed by atoms with Crippen molar-refractivity contribution in [3.8, 4) is 0 Å².